The van der Waals surface area contributed by atoms with E-state index < -0.39 is 0 Å². The molecule has 186 valence electrons. The fourth-order valence-electron chi connectivity index (χ4n) is 5.49. The van der Waals surface area contributed by atoms with Gasteiger partial charge in [0.05, 0.1) is 16.3 Å². The normalized spacial score (nSPS) is 16.6. The van der Waals surface area contributed by atoms with Crippen molar-refractivity contribution >= 4 is 44.7 Å². The van der Waals surface area contributed by atoms with E-state index in [0.717, 1.165) is 52.0 Å². The summed E-state index contributed by atoms with van der Waals surface area (Å²) < 4.78 is 3.65. The summed E-state index contributed by atoms with van der Waals surface area (Å²) in [6, 6.07) is 25.2. The summed E-state index contributed by atoms with van der Waals surface area (Å²) in [6.45, 7) is 6.27. The third-order valence-corrected chi connectivity index (χ3v) is 8.89. The van der Waals surface area contributed by atoms with Crippen molar-refractivity contribution in [3.05, 3.63) is 125 Å². The maximum atomic E-state index is 13.9. The van der Waals surface area contributed by atoms with Crippen molar-refractivity contribution in [2.75, 3.05) is 18.0 Å². The van der Waals surface area contributed by atoms with Gasteiger partial charge in [-0.1, -0.05) is 75.8 Å². The van der Waals surface area contributed by atoms with Crippen LogP contribution in [0.3, 0.4) is 0 Å². The molecule has 0 N–H and O–H groups in total. The number of hydrogen-bond donors (Lipinski definition) is 0. The summed E-state index contributed by atoms with van der Waals surface area (Å²) >= 11 is 5.05. The smallest absolute Gasteiger partial charge is 0.271 e. The Bertz CT molecular complexity index is 1680. The Morgan fingerprint density at radius 1 is 1.00 bits per heavy atom. The molecule has 0 unspecified atom stereocenters. The SMILES string of the molecule is CCN(CC)c1ccc(/C=c2\sc3n(c2=O)[C@H](c2ccc(Br)cc2)C2=C(N=3)c3ccccc3CC2)cc1. The molecule has 0 radical (unpaired) electrons. The quantitative estimate of drug-likeness (QED) is 0.299. The second-order valence-electron chi connectivity index (χ2n) is 9.43. The lowest BCUT2D eigenvalue weighted by atomic mass is 9.83. The van der Waals surface area contributed by atoms with Crippen LogP contribution in [0.25, 0.3) is 11.8 Å². The predicted molar refractivity (Wildman–Crippen MR) is 157 cm³/mol. The second-order valence-corrected chi connectivity index (χ2v) is 11.4. The largest absolute Gasteiger partial charge is 0.372 e. The molecule has 2 aliphatic rings. The first-order chi connectivity index (χ1) is 18.1. The number of aryl methyl sites for hydroxylation is 1. The molecule has 0 bridgehead atoms. The van der Waals surface area contributed by atoms with Crippen molar-refractivity contribution in [2.24, 2.45) is 4.99 Å². The molecule has 6 rings (SSSR count). The summed E-state index contributed by atoms with van der Waals surface area (Å²) in [5.41, 5.74) is 8.13. The number of allylic oxidation sites excluding steroid dienone is 1. The van der Waals surface area contributed by atoms with Crippen LogP contribution in [-0.2, 0) is 6.42 Å². The van der Waals surface area contributed by atoms with E-state index in [1.54, 1.807) is 0 Å². The van der Waals surface area contributed by atoms with Crippen LogP contribution in [0.4, 0.5) is 5.69 Å². The van der Waals surface area contributed by atoms with Crippen LogP contribution < -0.4 is 19.8 Å². The van der Waals surface area contributed by atoms with Gasteiger partial charge in [-0.3, -0.25) is 9.36 Å². The van der Waals surface area contributed by atoms with Gasteiger partial charge in [0.1, 0.15) is 0 Å². The molecule has 6 heteroatoms. The van der Waals surface area contributed by atoms with E-state index in [9.17, 15) is 4.79 Å². The summed E-state index contributed by atoms with van der Waals surface area (Å²) in [7, 11) is 0. The first kappa shape index (κ1) is 24.1. The Morgan fingerprint density at radius 2 is 1.73 bits per heavy atom. The first-order valence-electron chi connectivity index (χ1n) is 12.8. The van der Waals surface area contributed by atoms with E-state index in [0.29, 0.717) is 4.53 Å². The van der Waals surface area contributed by atoms with Crippen LogP contribution in [0.1, 0.15) is 48.6 Å². The highest BCUT2D eigenvalue weighted by Gasteiger charge is 2.32. The van der Waals surface area contributed by atoms with E-state index >= 15 is 0 Å². The number of fused-ring (bicyclic) bond motifs is 3. The third kappa shape index (κ3) is 4.32. The number of thiazole rings is 1. The molecule has 0 amide bonds. The van der Waals surface area contributed by atoms with Gasteiger partial charge in [0, 0.05) is 28.8 Å². The predicted octanol–water partition coefficient (Wildman–Crippen LogP) is 5.93. The van der Waals surface area contributed by atoms with Gasteiger partial charge in [0.15, 0.2) is 4.80 Å². The molecule has 0 spiro atoms. The minimum absolute atomic E-state index is 0.0231. The molecule has 3 aromatic carbocycles. The number of hydrogen-bond acceptors (Lipinski definition) is 4. The van der Waals surface area contributed by atoms with Crippen LogP contribution >= 0.6 is 27.3 Å². The van der Waals surface area contributed by atoms with Crippen molar-refractivity contribution in [1.29, 1.82) is 0 Å². The zero-order chi connectivity index (χ0) is 25.5. The molecule has 0 saturated heterocycles. The van der Waals surface area contributed by atoms with E-state index in [4.69, 9.17) is 4.99 Å². The molecular weight excluding hydrogens is 542 g/mol. The maximum Gasteiger partial charge on any atom is 0.271 e. The summed E-state index contributed by atoms with van der Waals surface area (Å²) in [4.78, 5) is 22.1. The Hall–Kier alpha value is -3.22. The van der Waals surface area contributed by atoms with Crippen LogP contribution in [0.2, 0.25) is 0 Å². The highest BCUT2D eigenvalue weighted by molar-refractivity contribution is 9.10. The minimum Gasteiger partial charge on any atom is -0.372 e. The van der Waals surface area contributed by atoms with Crippen molar-refractivity contribution in [2.45, 2.75) is 32.7 Å². The van der Waals surface area contributed by atoms with Crippen molar-refractivity contribution in [3.8, 4) is 0 Å². The van der Waals surface area contributed by atoms with Gasteiger partial charge in [0.2, 0.25) is 0 Å². The molecule has 1 aliphatic heterocycles. The number of anilines is 1. The van der Waals surface area contributed by atoms with Gasteiger partial charge in [0.25, 0.3) is 5.56 Å². The molecule has 4 nitrogen and oxygen atoms in total. The van der Waals surface area contributed by atoms with Crippen molar-refractivity contribution < 1.29 is 0 Å². The molecule has 1 aromatic heterocycles. The lowest BCUT2D eigenvalue weighted by Crippen LogP contribution is -2.38. The maximum absolute atomic E-state index is 13.9. The average molecular weight is 571 g/mol. The molecule has 0 saturated carbocycles. The number of aromatic nitrogens is 1. The Labute approximate surface area is 229 Å². The summed E-state index contributed by atoms with van der Waals surface area (Å²) in [5, 5.41) is 0. The van der Waals surface area contributed by atoms with Gasteiger partial charge in [-0.15, -0.1) is 0 Å². The molecule has 0 fully saturated rings. The zero-order valence-corrected chi connectivity index (χ0v) is 23.3. The van der Waals surface area contributed by atoms with Gasteiger partial charge in [-0.05, 0) is 79.3 Å². The highest BCUT2D eigenvalue weighted by atomic mass is 79.9. The standard InChI is InChI=1S/C31H28BrN3OS/c1-3-34(4-2)24-16-9-20(10-17-24)19-27-30(36)35-29(22-11-14-23(32)15-12-22)26-18-13-21-7-5-6-8-25(21)28(26)33-31(35)37-27/h5-12,14-17,19,29H,3-4,13,18H2,1-2H3/b27-19-/t29-/m1/s1. The van der Waals surface area contributed by atoms with Crippen molar-refractivity contribution in [1.82, 2.24) is 4.57 Å². The molecule has 1 aliphatic carbocycles. The average Bonchev–Trinajstić information content (AvgIpc) is 3.24. The fourth-order valence-corrected chi connectivity index (χ4v) is 6.75. The Morgan fingerprint density at radius 3 is 2.46 bits per heavy atom. The minimum atomic E-state index is -0.153. The van der Waals surface area contributed by atoms with E-state index in [1.165, 1.54) is 33.7 Å². The number of halogens is 1. The van der Waals surface area contributed by atoms with Gasteiger partial charge in [-0.2, -0.15) is 0 Å². The molecular formula is C31H28BrN3OS. The second kappa shape index (κ2) is 9.92. The zero-order valence-electron chi connectivity index (χ0n) is 20.9. The van der Waals surface area contributed by atoms with E-state index in [-0.39, 0.29) is 11.6 Å². The lowest BCUT2D eigenvalue weighted by molar-refractivity contribution is 0.585. The monoisotopic (exact) mass is 569 g/mol. The van der Waals surface area contributed by atoms with Crippen LogP contribution in [0.5, 0.6) is 0 Å². The van der Waals surface area contributed by atoms with E-state index in [2.05, 4.69) is 107 Å². The summed E-state index contributed by atoms with van der Waals surface area (Å²) in [5.74, 6) is 0. The topological polar surface area (TPSA) is 37.6 Å². The number of benzene rings is 3. The van der Waals surface area contributed by atoms with E-state index in [1.807, 2.05) is 10.6 Å². The van der Waals surface area contributed by atoms with Crippen LogP contribution in [0, 0.1) is 0 Å². The van der Waals surface area contributed by atoms with Gasteiger partial charge < -0.3 is 4.90 Å². The summed E-state index contributed by atoms with van der Waals surface area (Å²) in [6.07, 6.45) is 3.86. The fraction of sp³-hybridized carbons (Fsp3) is 0.226. The highest BCUT2D eigenvalue weighted by Crippen LogP contribution is 2.41. The third-order valence-electron chi connectivity index (χ3n) is 7.38. The number of nitrogens with zero attached hydrogens (tertiary/aromatic N) is 3. The van der Waals surface area contributed by atoms with Crippen LogP contribution in [0.15, 0.2) is 92.6 Å². The molecule has 2 heterocycles. The number of rotatable bonds is 5. The molecule has 1 atom stereocenters. The molecule has 37 heavy (non-hydrogen) atoms. The lowest BCUT2D eigenvalue weighted by Gasteiger charge is -2.30. The first-order valence-corrected chi connectivity index (χ1v) is 14.4. The van der Waals surface area contributed by atoms with Crippen LogP contribution in [-0.4, -0.2) is 17.7 Å². The Kier molecular flexibility index (Phi) is 6.47. The van der Waals surface area contributed by atoms with Gasteiger partial charge in [-0.25, -0.2) is 4.99 Å². The van der Waals surface area contributed by atoms with Crippen molar-refractivity contribution in [3.63, 3.8) is 0 Å². The molecule has 4 aromatic rings. The van der Waals surface area contributed by atoms with Gasteiger partial charge >= 0.3 is 0 Å². The Balaban J connectivity index is 1.52.